The molecule has 9 heteroatoms. The van der Waals surface area contributed by atoms with E-state index < -0.39 is 43.3 Å². The highest BCUT2D eigenvalue weighted by Gasteiger charge is 2.44. The second kappa shape index (κ2) is 15.3. The number of unbranched alkanes of at least 4 members (excludes halogenated alkanes) is 6. The number of hydrogen-bond donors (Lipinski definition) is 5. The first-order valence-corrected chi connectivity index (χ1v) is 9.17. The normalized spacial score (nSPS) is 28.6. The monoisotopic (exact) mass is 398 g/mol. The van der Waals surface area contributed by atoms with Gasteiger partial charge in [-0.3, -0.25) is 0 Å². The predicted molar refractivity (Wildman–Crippen MR) is 95.5 cm³/mol. The molecule has 1 aliphatic rings. The van der Waals surface area contributed by atoms with Crippen LogP contribution in [0.1, 0.15) is 51.9 Å². The second-order valence-electron chi connectivity index (χ2n) is 6.08. The molecule has 0 aromatic heterocycles. The summed E-state index contributed by atoms with van der Waals surface area (Å²) >= 11 is 4.95. The maximum atomic E-state index is 10.1. The fraction of sp³-hybridized carbons (Fsp3) is 0.824. The van der Waals surface area contributed by atoms with E-state index in [1.54, 1.807) is 6.08 Å². The summed E-state index contributed by atoms with van der Waals surface area (Å²) in [5.74, 6) is -0.842. The molecule has 5 atom stereocenters. The number of allylic oxidation sites excluding steroid dienone is 1. The van der Waals surface area contributed by atoms with Crippen molar-refractivity contribution in [2.45, 2.75) is 82.6 Å². The van der Waals surface area contributed by atoms with Crippen LogP contribution in [0.5, 0.6) is 0 Å². The molecule has 5 unspecified atom stereocenters. The number of carbonyl (C=O) groups is 1. The Labute approximate surface area is 159 Å². The summed E-state index contributed by atoms with van der Waals surface area (Å²) < 4.78 is 8.99. The van der Waals surface area contributed by atoms with Gasteiger partial charge in [0.05, 0.1) is 18.5 Å². The van der Waals surface area contributed by atoms with E-state index in [2.05, 4.69) is 11.2 Å². The molecule has 0 amide bonds. The molecule has 154 valence electrons. The summed E-state index contributed by atoms with van der Waals surface area (Å²) in [7, 11) is 0. The van der Waals surface area contributed by atoms with Gasteiger partial charge in [0, 0.05) is 6.08 Å². The van der Waals surface area contributed by atoms with Gasteiger partial charge in [0.1, 0.15) is 24.4 Å². The van der Waals surface area contributed by atoms with Gasteiger partial charge in [0.25, 0.3) is 0 Å². The molecule has 1 heterocycles. The van der Waals surface area contributed by atoms with Crippen LogP contribution >= 0.6 is 11.9 Å². The molecule has 1 fully saturated rings. The van der Waals surface area contributed by atoms with E-state index in [9.17, 15) is 20.1 Å². The lowest BCUT2D eigenvalue weighted by Crippen LogP contribution is -2.58. The maximum Gasteiger partial charge on any atom is 0.327 e. The van der Waals surface area contributed by atoms with E-state index in [1.807, 2.05) is 0 Å². The minimum atomic E-state index is -1.45. The number of carboxylic acids is 1. The van der Waals surface area contributed by atoms with Crippen molar-refractivity contribution in [1.29, 1.82) is 0 Å². The highest BCUT2D eigenvalue weighted by atomic mass is 35.5. The van der Waals surface area contributed by atoms with Gasteiger partial charge < -0.3 is 30.3 Å². The molecule has 0 aromatic carbocycles. The van der Waals surface area contributed by atoms with Gasteiger partial charge in [-0.05, 0) is 12.8 Å². The SMILES string of the molecule is CCCCCCCCC=CC(=O)O.OCC1OC(OCl)C(O)C(O)C1O. The molecular weight excluding hydrogens is 368 g/mol. The van der Waals surface area contributed by atoms with Crippen molar-refractivity contribution in [3.63, 3.8) is 0 Å². The molecule has 26 heavy (non-hydrogen) atoms. The van der Waals surface area contributed by atoms with Gasteiger partial charge in [-0.15, -0.1) is 0 Å². The van der Waals surface area contributed by atoms with E-state index in [0.717, 1.165) is 12.8 Å². The van der Waals surface area contributed by atoms with E-state index in [0.29, 0.717) is 0 Å². The fourth-order valence-corrected chi connectivity index (χ4v) is 2.51. The topological polar surface area (TPSA) is 137 Å². The van der Waals surface area contributed by atoms with Crippen LogP contribution in [0.3, 0.4) is 0 Å². The van der Waals surface area contributed by atoms with Gasteiger partial charge in [-0.2, -0.15) is 0 Å². The molecule has 1 rings (SSSR count). The Kier molecular flexibility index (Phi) is 14.9. The highest BCUT2D eigenvalue weighted by Crippen LogP contribution is 2.22. The average molecular weight is 399 g/mol. The number of aliphatic carboxylic acids is 1. The van der Waals surface area contributed by atoms with Crippen LogP contribution in [0.2, 0.25) is 0 Å². The number of hydrogen-bond acceptors (Lipinski definition) is 7. The van der Waals surface area contributed by atoms with Crippen LogP contribution in [0.15, 0.2) is 12.2 Å². The Morgan fingerprint density at radius 2 is 1.69 bits per heavy atom. The van der Waals surface area contributed by atoms with Crippen molar-refractivity contribution in [2.24, 2.45) is 0 Å². The molecule has 0 aromatic rings. The van der Waals surface area contributed by atoms with Gasteiger partial charge in [-0.1, -0.05) is 45.1 Å². The van der Waals surface area contributed by atoms with Crippen LogP contribution in [0.25, 0.3) is 0 Å². The van der Waals surface area contributed by atoms with Crippen LogP contribution in [0.4, 0.5) is 0 Å². The lowest BCUT2D eigenvalue weighted by Gasteiger charge is -2.38. The molecule has 0 aliphatic carbocycles. The van der Waals surface area contributed by atoms with Crippen LogP contribution in [-0.4, -0.2) is 68.8 Å². The third-order valence-electron chi connectivity index (χ3n) is 3.92. The van der Waals surface area contributed by atoms with Gasteiger partial charge in [-0.25, -0.2) is 9.08 Å². The van der Waals surface area contributed by atoms with Crippen LogP contribution in [-0.2, 0) is 13.8 Å². The Hall–Kier alpha value is -0.740. The zero-order valence-electron chi connectivity index (χ0n) is 15.0. The molecule has 8 nitrogen and oxygen atoms in total. The van der Waals surface area contributed by atoms with Crippen LogP contribution < -0.4 is 0 Å². The summed E-state index contributed by atoms with van der Waals surface area (Å²) in [4.78, 5) is 10.1. The molecule has 5 N–H and O–H groups in total. The Morgan fingerprint density at radius 3 is 2.23 bits per heavy atom. The highest BCUT2D eigenvalue weighted by molar-refractivity contribution is 6.07. The zero-order valence-corrected chi connectivity index (χ0v) is 15.8. The van der Waals surface area contributed by atoms with Crippen molar-refractivity contribution in [3.8, 4) is 0 Å². The molecular formula is C17H31ClO8. The minimum absolute atomic E-state index is 0.498. The standard InChI is InChI=1S/C11H20O2.C6H11ClO6/c1-2-3-4-5-6-7-8-9-10-11(12)13;7-13-6-5(11)4(10)3(9)2(1-8)12-6/h9-10H,2-8H2,1H3,(H,12,13);2-6,8-11H,1H2. The quantitative estimate of drug-likeness (QED) is 0.274. The molecule has 0 radical (unpaired) electrons. The molecule has 0 saturated carbocycles. The molecule has 1 saturated heterocycles. The van der Waals surface area contributed by atoms with E-state index >= 15 is 0 Å². The van der Waals surface area contributed by atoms with E-state index in [1.165, 1.54) is 38.2 Å². The van der Waals surface area contributed by atoms with Crippen molar-refractivity contribution in [1.82, 2.24) is 0 Å². The van der Waals surface area contributed by atoms with Crippen LogP contribution in [0, 0.1) is 0 Å². The summed E-state index contributed by atoms with van der Waals surface area (Å²) in [6, 6.07) is 0. The smallest absolute Gasteiger partial charge is 0.327 e. The Balaban J connectivity index is 0.000000481. The lowest BCUT2D eigenvalue weighted by atomic mass is 10.00. The van der Waals surface area contributed by atoms with Crippen molar-refractivity contribution in [2.75, 3.05) is 6.61 Å². The number of halogens is 1. The van der Waals surface area contributed by atoms with E-state index in [4.69, 9.17) is 26.8 Å². The van der Waals surface area contributed by atoms with Gasteiger partial charge in [0.15, 0.2) is 0 Å². The maximum absolute atomic E-state index is 10.1. The molecule has 0 spiro atoms. The minimum Gasteiger partial charge on any atom is -0.478 e. The van der Waals surface area contributed by atoms with Gasteiger partial charge >= 0.3 is 5.97 Å². The fourth-order valence-electron chi connectivity index (χ4n) is 2.37. The summed E-state index contributed by atoms with van der Waals surface area (Å²) in [6.07, 6.45) is 4.91. The largest absolute Gasteiger partial charge is 0.478 e. The summed E-state index contributed by atoms with van der Waals surface area (Å²) in [6.45, 7) is 1.71. The number of aliphatic hydroxyl groups excluding tert-OH is 4. The third kappa shape index (κ3) is 10.4. The molecule has 1 aliphatic heterocycles. The number of carboxylic acid groups (broad SMARTS) is 1. The summed E-state index contributed by atoms with van der Waals surface area (Å²) in [5, 5.41) is 44.6. The van der Waals surface area contributed by atoms with Gasteiger partial charge in [0.2, 0.25) is 6.29 Å². The molecule has 0 bridgehead atoms. The number of ether oxygens (including phenoxy) is 1. The lowest BCUT2D eigenvalue weighted by molar-refractivity contribution is -0.276. The number of rotatable bonds is 10. The first-order valence-electron chi connectivity index (χ1n) is 8.86. The average Bonchev–Trinajstić information content (AvgIpc) is 2.62. The van der Waals surface area contributed by atoms with Crippen molar-refractivity contribution >= 4 is 17.8 Å². The first kappa shape index (κ1) is 25.3. The number of aliphatic hydroxyl groups is 4. The third-order valence-corrected chi connectivity index (χ3v) is 4.10. The Morgan fingerprint density at radius 1 is 1.08 bits per heavy atom. The zero-order chi connectivity index (χ0) is 19.9. The van der Waals surface area contributed by atoms with E-state index in [-0.39, 0.29) is 0 Å². The predicted octanol–water partition coefficient (Wildman–Crippen LogP) is 1.33. The van der Waals surface area contributed by atoms with Crippen molar-refractivity contribution in [3.05, 3.63) is 12.2 Å². The Bertz CT molecular complexity index is 373. The first-order chi connectivity index (χ1) is 12.4. The van der Waals surface area contributed by atoms with Crippen molar-refractivity contribution < 1.29 is 39.4 Å². The summed E-state index contributed by atoms with van der Waals surface area (Å²) in [5.41, 5.74) is 0. The second-order valence-corrected chi connectivity index (χ2v) is 6.26.